The lowest BCUT2D eigenvalue weighted by atomic mass is 10.0. The fourth-order valence-corrected chi connectivity index (χ4v) is 2.57. The zero-order valence-corrected chi connectivity index (χ0v) is 13.6. The first kappa shape index (κ1) is 15.1. The number of nitrogens with one attached hydrogen (secondary N) is 1. The molecule has 0 spiro atoms. The van der Waals surface area contributed by atoms with Crippen molar-refractivity contribution in [1.82, 2.24) is 9.97 Å². The summed E-state index contributed by atoms with van der Waals surface area (Å²) in [6.07, 6.45) is 5.29. The Morgan fingerprint density at radius 3 is 2.52 bits per heavy atom. The number of nitrogens with zero attached hydrogens (tertiary/aromatic N) is 2. The minimum Gasteiger partial charge on any atom is -0.374 e. The summed E-state index contributed by atoms with van der Waals surface area (Å²) in [5.74, 6) is 2.57. The van der Waals surface area contributed by atoms with E-state index in [2.05, 4.69) is 43.3 Å². The van der Waals surface area contributed by atoms with Gasteiger partial charge in [-0.3, -0.25) is 0 Å². The highest BCUT2D eigenvalue weighted by Crippen LogP contribution is 2.26. The number of hydrogen-bond donors (Lipinski definition) is 1. The maximum Gasteiger partial charge on any atom is 0.0922 e. The molecule has 0 saturated heterocycles. The number of aromatic nitrogens is 2. The van der Waals surface area contributed by atoms with Crippen LogP contribution >= 0.6 is 0 Å². The van der Waals surface area contributed by atoms with Crippen LogP contribution in [-0.2, 0) is 0 Å². The number of aryl methyl sites for hydroxylation is 3. The summed E-state index contributed by atoms with van der Waals surface area (Å²) in [4.78, 5) is 9.53. The van der Waals surface area contributed by atoms with Crippen LogP contribution in [0.25, 0.3) is 22.3 Å². The van der Waals surface area contributed by atoms with Crippen LogP contribution in [0.5, 0.6) is 0 Å². The van der Waals surface area contributed by atoms with Crippen LogP contribution in [0, 0.1) is 33.1 Å². The number of terminal acetylenes is 1. The molecule has 0 amide bonds. The number of hydrogen-bond acceptors (Lipinski definition) is 3. The first-order chi connectivity index (χ1) is 11.1. The second-order valence-corrected chi connectivity index (χ2v) is 5.72. The van der Waals surface area contributed by atoms with Crippen molar-refractivity contribution in [3.63, 3.8) is 0 Å². The third-order valence-corrected chi connectivity index (χ3v) is 4.01. The molecule has 3 nitrogen and oxygen atoms in total. The molecule has 0 saturated carbocycles. The summed E-state index contributed by atoms with van der Waals surface area (Å²) in [7, 11) is 0. The van der Waals surface area contributed by atoms with Gasteiger partial charge in [0.25, 0.3) is 0 Å². The van der Waals surface area contributed by atoms with Gasteiger partial charge in [-0.05, 0) is 56.2 Å². The number of benzene rings is 2. The normalized spacial score (nSPS) is 10.5. The van der Waals surface area contributed by atoms with Crippen molar-refractivity contribution in [3.05, 3.63) is 53.2 Å². The Hall–Kier alpha value is -2.86. The van der Waals surface area contributed by atoms with Crippen LogP contribution < -0.4 is 5.32 Å². The zero-order chi connectivity index (χ0) is 16.4. The lowest BCUT2D eigenvalue weighted by molar-refractivity contribution is 1.18. The van der Waals surface area contributed by atoms with E-state index < -0.39 is 0 Å². The van der Waals surface area contributed by atoms with Gasteiger partial charge in [0, 0.05) is 11.3 Å². The summed E-state index contributed by atoms with van der Waals surface area (Å²) in [5.41, 5.74) is 8.21. The molecule has 0 aliphatic heterocycles. The Balaban J connectivity index is 2.11. The fourth-order valence-electron chi connectivity index (χ4n) is 2.57. The molecule has 1 N–H and O–H groups in total. The second-order valence-electron chi connectivity index (χ2n) is 5.72. The minimum atomic E-state index is 0.495. The number of anilines is 1. The highest BCUT2D eigenvalue weighted by atomic mass is 14.9. The van der Waals surface area contributed by atoms with E-state index in [0.29, 0.717) is 6.54 Å². The molecule has 0 radical (unpaired) electrons. The van der Waals surface area contributed by atoms with Crippen LogP contribution in [0.2, 0.25) is 0 Å². The highest BCUT2D eigenvalue weighted by Gasteiger charge is 2.09. The van der Waals surface area contributed by atoms with Crippen LogP contribution in [0.3, 0.4) is 0 Å². The van der Waals surface area contributed by atoms with Crippen LogP contribution in [-0.4, -0.2) is 16.5 Å². The van der Waals surface area contributed by atoms with Crippen molar-refractivity contribution in [2.75, 3.05) is 11.9 Å². The zero-order valence-electron chi connectivity index (χ0n) is 13.6. The third-order valence-electron chi connectivity index (χ3n) is 4.01. The van der Waals surface area contributed by atoms with Crippen LogP contribution in [0.15, 0.2) is 36.4 Å². The van der Waals surface area contributed by atoms with Crippen molar-refractivity contribution in [2.45, 2.75) is 20.8 Å². The van der Waals surface area contributed by atoms with E-state index in [0.717, 1.165) is 33.7 Å². The summed E-state index contributed by atoms with van der Waals surface area (Å²) in [6, 6.07) is 12.3. The van der Waals surface area contributed by atoms with Gasteiger partial charge in [-0.1, -0.05) is 18.1 Å². The predicted octanol–water partition coefficient (Wildman–Crippen LogP) is 4.27. The SMILES string of the molecule is C#CCNc1ccc2nc(C)c(-c3ccc(C)c(C)c3)nc2c1. The smallest absolute Gasteiger partial charge is 0.0922 e. The Morgan fingerprint density at radius 2 is 1.78 bits per heavy atom. The highest BCUT2D eigenvalue weighted by molar-refractivity contribution is 5.81. The molecule has 3 heteroatoms. The van der Waals surface area contributed by atoms with E-state index in [1.54, 1.807) is 0 Å². The van der Waals surface area contributed by atoms with Gasteiger partial charge in [0.2, 0.25) is 0 Å². The topological polar surface area (TPSA) is 37.8 Å². The summed E-state index contributed by atoms with van der Waals surface area (Å²) in [5, 5.41) is 3.17. The largest absolute Gasteiger partial charge is 0.374 e. The molecule has 2 aromatic carbocycles. The Morgan fingerprint density at radius 1 is 0.957 bits per heavy atom. The van der Waals surface area contributed by atoms with Crippen LogP contribution in [0.4, 0.5) is 5.69 Å². The molecule has 23 heavy (non-hydrogen) atoms. The lowest BCUT2D eigenvalue weighted by Gasteiger charge is -2.10. The maximum absolute atomic E-state index is 5.29. The van der Waals surface area contributed by atoms with E-state index >= 15 is 0 Å². The average Bonchev–Trinajstić information content (AvgIpc) is 2.55. The van der Waals surface area contributed by atoms with Gasteiger partial charge < -0.3 is 5.32 Å². The van der Waals surface area contributed by atoms with Gasteiger partial charge in [-0.2, -0.15) is 0 Å². The van der Waals surface area contributed by atoms with Crippen molar-refractivity contribution < 1.29 is 0 Å². The monoisotopic (exact) mass is 301 g/mol. The van der Waals surface area contributed by atoms with Gasteiger partial charge in [0.1, 0.15) is 0 Å². The van der Waals surface area contributed by atoms with Gasteiger partial charge in [0.15, 0.2) is 0 Å². The van der Waals surface area contributed by atoms with Crippen molar-refractivity contribution >= 4 is 16.7 Å². The second kappa shape index (κ2) is 6.10. The Bertz CT molecular complexity index is 920. The minimum absolute atomic E-state index is 0.495. The first-order valence-corrected chi connectivity index (χ1v) is 7.62. The molecule has 1 aromatic heterocycles. The van der Waals surface area contributed by atoms with E-state index in [1.807, 2.05) is 25.1 Å². The lowest BCUT2D eigenvalue weighted by Crippen LogP contribution is -2.00. The molecular formula is C20H19N3. The molecule has 0 fully saturated rings. The molecule has 0 aliphatic rings. The molecule has 0 aliphatic carbocycles. The molecular weight excluding hydrogens is 282 g/mol. The summed E-state index contributed by atoms with van der Waals surface area (Å²) in [6.45, 7) is 6.72. The van der Waals surface area contributed by atoms with Gasteiger partial charge in [0.05, 0.1) is 29.0 Å². The van der Waals surface area contributed by atoms with E-state index in [-0.39, 0.29) is 0 Å². The average molecular weight is 301 g/mol. The molecule has 0 atom stereocenters. The quantitative estimate of drug-likeness (QED) is 0.734. The first-order valence-electron chi connectivity index (χ1n) is 7.62. The van der Waals surface area contributed by atoms with E-state index in [1.165, 1.54) is 11.1 Å². The Labute approximate surface area is 136 Å². The fraction of sp³-hybridized carbons (Fsp3) is 0.200. The van der Waals surface area contributed by atoms with E-state index in [4.69, 9.17) is 16.4 Å². The third kappa shape index (κ3) is 3.02. The molecule has 0 bridgehead atoms. The summed E-state index contributed by atoms with van der Waals surface area (Å²) < 4.78 is 0. The summed E-state index contributed by atoms with van der Waals surface area (Å²) >= 11 is 0. The molecule has 0 unspecified atom stereocenters. The molecule has 3 rings (SSSR count). The van der Waals surface area contributed by atoms with Crippen molar-refractivity contribution in [2.24, 2.45) is 0 Å². The molecule has 114 valence electrons. The molecule has 1 heterocycles. The Kier molecular flexibility index (Phi) is 3.99. The van der Waals surface area contributed by atoms with Gasteiger partial charge >= 0.3 is 0 Å². The molecule has 3 aromatic rings. The standard InChI is InChI=1S/C20H19N3/c1-5-10-21-17-8-9-18-19(12-17)23-20(15(4)22-18)16-7-6-13(2)14(3)11-16/h1,6-9,11-12,21H,10H2,2-4H3. The number of fused-ring (bicyclic) bond motifs is 1. The maximum atomic E-state index is 5.29. The van der Waals surface area contributed by atoms with E-state index in [9.17, 15) is 0 Å². The van der Waals surface area contributed by atoms with Gasteiger partial charge in [-0.15, -0.1) is 6.42 Å². The van der Waals surface area contributed by atoms with Gasteiger partial charge in [-0.25, -0.2) is 9.97 Å². The predicted molar refractivity (Wildman–Crippen MR) is 96.5 cm³/mol. The van der Waals surface area contributed by atoms with Crippen LogP contribution in [0.1, 0.15) is 16.8 Å². The number of rotatable bonds is 3. The van der Waals surface area contributed by atoms with Crippen molar-refractivity contribution in [1.29, 1.82) is 0 Å². The van der Waals surface area contributed by atoms with Crippen molar-refractivity contribution in [3.8, 4) is 23.6 Å².